The van der Waals surface area contributed by atoms with Crippen LogP contribution in [-0.2, 0) is 14.8 Å². The average molecular weight is 458 g/mol. The summed E-state index contributed by atoms with van der Waals surface area (Å²) in [5, 5.41) is 2.87. The topological polar surface area (TPSA) is 96.0 Å². The zero-order valence-corrected chi connectivity index (χ0v) is 19.6. The summed E-state index contributed by atoms with van der Waals surface area (Å²) in [5.41, 5.74) is 0.385. The van der Waals surface area contributed by atoms with Crippen molar-refractivity contribution < 1.29 is 22.7 Å². The van der Waals surface area contributed by atoms with Crippen LogP contribution in [0.25, 0.3) is 0 Å². The zero-order valence-electron chi connectivity index (χ0n) is 18.0. The molecule has 30 heavy (non-hydrogen) atoms. The number of sulfonamides is 1. The summed E-state index contributed by atoms with van der Waals surface area (Å²) in [5.74, 6) is 0.706. The minimum atomic E-state index is -3.26. The SMILES string of the molecule is COc1ccccc1C(=O)NC(CCSC)C(=O)N1CCC(N(C)S(C)(=O)=O)CC1. The molecule has 1 aliphatic heterocycles. The number of carbonyl (C=O) groups excluding carboxylic acids is 2. The Labute approximate surface area is 183 Å². The molecule has 1 fully saturated rings. The third-order valence-corrected chi connectivity index (χ3v) is 7.37. The van der Waals surface area contributed by atoms with Crippen LogP contribution >= 0.6 is 11.8 Å². The molecule has 0 aromatic heterocycles. The molecule has 2 amide bonds. The highest BCUT2D eigenvalue weighted by molar-refractivity contribution is 7.98. The molecule has 2 rings (SSSR count). The molecule has 1 aromatic rings. The third-order valence-electron chi connectivity index (χ3n) is 5.38. The second-order valence-electron chi connectivity index (χ2n) is 7.34. The Morgan fingerprint density at radius 3 is 2.50 bits per heavy atom. The Balaban J connectivity index is 2.06. The first-order valence-corrected chi connectivity index (χ1v) is 13.1. The largest absolute Gasteiger partial charge is 0.496 e. The summed E-state index contributed by atoms with van der Waals surface area (Å²) >= 11 is 1.61. The van der Waals surface area contributed by atoms with Gasteiger partial charge < -0.3 is 15.0 Å². The molecule has 1 heterocycles. The molecule has 1 aromatic carbocycles. The molecule has 0 spiro atoms. The lowest BCUT2D eigenvalue weighted by Gasteiger charge is -2.37. The number of amides is 2. The first-order chi connectivity index (χ1) is 14.2. The van der Waals surface area contributed by atoms with E-state index >= 15 is 0 Å². The summed E-state index contributed by atoms with van der Waals surface area (Å²) < 4.78 is 30.2. The maximum absolute atomic E-state index is 13.1. The van der Waals surface area contributed by atoms with Gasteiger partial charge in [-0.1, -0.05) is 12.1 Å². The molecule has 1 N–H and O–H groups in total. The molecule has 0 aliphatic carbocycles. The molecular formula is C20H31N3O5S2. The van der Waals surface area contributed by atoms with E-state index in [-0.39, 0.29) is 17.9 Å². The third kappa shape index (κ3) is 6.36. The normalized spacial score (nSPS) is 16.4. The van der Waals surface area contributed by atoms with Crippen LogP contribution in [0.15, 0.2) is 24.3 Å². The van der Waals surface area contributed by atoms with Gasteiger partial charge >= 0.3 is 0 Å². The van der Waals surface area contributed by atoms with Crippen molar-refractivity contribution in [2.75, 3.05) is 45.5 Å². The lowest BCUT2D eigenvalue weighted by Crippen LogP contribution is -2.53. The van der Waals surface area contributed by atoms with Crippen molar-refractivity contribution >= 4 is 33.6 Å². The Bertz CT molecular complexity index is 839. The van der Waals surface area contributed by atoms with E-state index in [1.807, 2.05) is 6.26 Å². The molecular weight excluding hydrogens is 426 g/mol. The van der Waals surface area contributed by atoms with E-state index < -0.39 is 16.1 Å². The summed E-state index contributed by atoms with van der Waals surface area (Å²) in [4.78, 5) is 27.7. The average Bonchev–Trinajstić information content (AvgIpc) is 2.74. The van der Waals surface area contributed by atoms with Gasteiger partial charge in [-0.15, -0.1) is 0 Å². The standard InChI is InChI=1S/C20H31N3O5S2/c1-22(30(4,26)27)15-9-12-23(13-10-15)20(25)17(11-14-29-3)21-19(24)16-7-5-6-8-18(16)28-2/h5-8,15,17H,9-14H2,1-4H3,(H,21,24). The number of thioether (sulfide) groups is 1. The molecule has 0 bridgehead atoms. The van der Waals surface area contributed by atoms with Crippen LogP contribution < -0.4 is 10.1 Å². The van der Waals surface area contributed by atoms with Crippen molar-refractivity contribution in [2.24, 2.45) is 0 Å². The lowest BCUT2D eigenvalue weighted by molar-refractivity contribution is -0.134. The predicted molar refractivity (Wildman–Crippen MR) is 119 cm³/mol. The van der Waals surface area contributed by atoms with E-state index in [1.54, 1.807) is 48.0 Å². The van der Waals surface area contributed by atoms with Gasteiger partial charge in [0, 0.05) is 26.2 Å². The van der Waals surface area contributed by atoms with Gasteiger partial charge in [0.1, 0.15) is 11.8 Å². The molecule has 1 saturated heterocycles. The second-order valence-corrected chi connectivity index (χ2v) is 10.4. The Morgan fingerprint density at radius 2 is 1.93 bits per heavy atom. The van der Waals surface area contributed by atoms with Crippen LogP contribution in [0.1, 0.15) is 29.6 Å². The molecule has 0 saturated carbocycles. The molecule has 168 valence electrons. The van der Waals surface area contributed by atoms with E-state index in [0.29, 0.717) is 43.7 Å². The van der Waals surface area contributed by atoms with Crippen molar-refractivity contribution in [1.29, 1.82) is 0 Å². The van der Waals surface area contributed by atoms with Crippen LogP contribution in [-0.4, -0.2) is 87.0 Å². The number of carbonyl (C=O) groups is 2. The molecule has 1 unspecified atom stereocenters. The van der Waals surface area contributed by atoms with E-state index in [9.17, 15) is 18.0 Å². The number of hydrogen-bond acceptors (Lipinski definition) is 6. The van der Waals surface area contributed by atoms with Crippen molar-refractivity contribution in [3.05, 3.63) is 29.8 Å². The number of rotatable bonds is 9. The smallest absolute Gasteiger partial charge is 0.255 e. The number of ether oxygens (including phenoxy) is 1. The molecule has 1 atom stereocenters. The van der Waals surface area contributed by atoms with Gasteiger partial charge in [-0.05, 0) is 43.4 Å². The van der Waals surface area contributed by atoms with E-state index in [2.05, 4.69) is 5.32 Å². The van der Waals surface area contributed by atoms with Crippen molar-refractivity contribution in [3.8, 4) is 5.75 Å². The first kappa shape index (κ1) is 24.5. The minimum absolute atomic E-state index is 0.114. The van der Waals surface area contributed by atoms with Gasteiger partial charge in [0.2, 0.25) is 15.9 Å². The van der Waals surface area contributed by atoms with Crippen molar-refractivity contribution in [1.82, 2.24) is 14.5 Å². The van der Waals surface area contributed by atoms with E-state index in [0.717, 1.165) is 5.75 Å². The maximum atomic E-state index is 13.1. The van der Waals surface area contributed by atoms with Crippen molar-refractivity contribution in [2.45, 2.75) is 31.3 Å². The minimum Gasteiger partial charge on any atom is -0.496 e. The maximum Gasteiger partial charge on any atom is 0.255 e. The number of nitrogens with one attached hydrogen (secondary N) is 1. The fourth-order valence-electron chi connectivity index (χ4n) is 3.50. The van der Waals surface area contributed by atoms with Gasteiger partial charge in [-0.2, -0.15) is 11.8 Å². The number of methoxy groups -OCH3 is 1. The van der Waals surface area contributed by atoms with E-state index in [1.165, 1.54) is 17.7 Å². The summed E-state index contributed by atoms with van der Waals surface area (Å²) in [7, 11) is -0.188. The molecule has 1 aliphatic rings. The van der Waals surface area contributed by atoms with Gasteiger partial charge in [-0.3, -0.25) is 9.59 Å². The highest BCUT2D eigenvalue weighted by Gasteiger charge is 2.32. The molecule has 0 radical (unpaired) electrons. The van der Waals surface area contributed by atoms with Gasteiger partial charge in [-0.25, -0.2) is 12.7 Å². The quantitative estimate of drug-likeness (QED) is 0.603. The summed E-state index contributed by atoms with van der Waals surface area (Å²) in [6.45, 7) is 0.924. The number of para-hydroxylation sites is 1. The number of piperidine rings is 1. The predicted octanol–water partition coefficient (Wildman–Crippen LogP) is 1.43. The number of hydrogen-bond donors (Lipinski definition) is 1. The summed E-state index contributed by atoms with van der Waals surface area (Å²) in [6, 6.07) is 6.15. The van der Waals surface area contributed by atoms with Gasteiger partial charge in [0.15, 0.2) is 0 Å². The van der Waals surface area contributed by atoms with E-state index in [4.69, 9.17) is 4.74 Å². The van der Waals surface area contributed by atoms with Gasteiger partial charge in [0.25, 0.3) is 5.91 Å². The Kier molecular flexibility index (Phi) is 8.99. The highest BCUT2D eigenvalue weighted by Crippen LogP contribution is 2.20. The van der Waals surface area contributed by atoms with Crippen LogP contribution in [0.5, 0.6) is 5.75 Å². The first-order valence-electron chi connectivity index (χ1n) is 9.83. The monoisotopic (exact) mass is 457 g/mol. The Morgan fingerprint density at radius 1 is 1.30 bits per heavy atom. The second kappa shape index (κ2) is 11.0. The van der Waals surface area contributed by atoms with Crippen LogP contribution in [0.3, 0.4) is 0 Å². The Hall–Kier alpha value is -1.78. The molecule has 10 heteroatoms. The van der Waals surface area contributed by atoms with Gasteiger partial charge in [0.05, 0.1) is 18.9 Å². The fourth-order valence-corrected chi connectivity index (χ4v) is 4.73. The van der Waals surface area contributed by atoms with Crippen molar-refractivity contribution in [3.63, 3.8) is 0 Å². The number of nitrogens with zero attached hydrogens (tertiary/aromatic N) is 2. The summed E-state index contributed by atoms with van der Waals surface area (Å²) in [6.07, 6.45) is 4.81. The lowest BCUT2D eigenvalue weighted by atomic mass is 10.0. The van der Waals surface area contributed by atoms with Crippen LogP contribution in [0, 0.1) is 0 Å². The fraction of sp³-hybridized carbons (Fsp3) is 0.600. The molecule has 8 nitrogen and oxygen atoms in total. The van der Waals surface area contributed by atoms with Crippen LogP contribution in [0.4, 0.5) is 0 Å². The zero-order chi connectivity index (χ0) is 22.3. The number of likely N-dealkylation sites (tertiary alicyclic amines) is 1. The highest BCUT2D eigenvalue weighted by atomic mass is 32.2. The number of benzene rings is 1. The van der Waals surface area contributed by atoms with Crippen LogP contribution in [0.2, 0.25) is 0 Å².